The molecule has 5 aromatic rings. The van der Waals surface area contributed by atoms with Crippen molar-refractivity contribution in [2.45, 2.75) is 51.6 Å². The van der Waals surface area contributed by atoms with Crippen LogP contribution in [-0.2, 0) is 20.4 Å². The normalized spacial score (nSPS) is 12.1. The summed E-state index contributed by atoms with van der Waals surface area (Å²) in [5, 5.41) is 12.1. The van der Waals surface area contributed by atoms with E-state index in [1.807, 2.05) is 36.4 Å². The second kappa shape index (κ2) is 17.0. The molecule has 0 amide bonds. The van der Waals surface area contributed by atoms with Crippen molar-refractivity contribution in [3.8, 4) is 22.9 Å². The van der Waals surface area contributed by atoms with Gasteiger partial charge in [0.2, 0.25) is 0 Å². The Hall–Kier alpha value is -5.27. The van der Waals surface area contributed by atoms with Gasteiger partial charge < -0.3 is 18.5 Å². The predicted octanol–water partition coefficient (Wildman–Crippen LogP) is 7.55. The molecule has 0 bridgehead atoms. The number of aromatic nitrogens is 1. The Balaban J connectivity index is 1.57. The monoisotopic (exact) mass is 746 g/mol. The standard InChI is InChI=1S/C43H43ClN2O6Si/c1-6-51-42(49)31-19-17-30(18-20-31)25-39(47)38(46-29-40(50-5)37(27-41(46)48)36-26-33(44)22-21-32(36)28-45)23-24-52-53(43(2,3)4,34-13-9-7-10-14-34)35-15-11-8-12-16-35/h7-22,26-27,29,38H,6,23-25H2,1-5H3. The maximum Gasteiger partial charge on any atom is 0.338 e. The number of nitrogens with zero attached hydrogens (tertiary/aromatic N) is 2. The first-order chi connectivity index (χ1) is 25.4. The SMILES string of the molecule is CCOC(=O)c1ccc(CC(=O)C(CCO[Si](c2ccccc2)(c2ccccc2)C(C)(C)C)n2cc(OC)c(-c3cc(Cl)ccc3C#N)cc2=O)cc1. The van der Waals surface area contributed by atoms with E-state index >= 15 is 0 Å². The molecule has 0 saturated carbocycles. The van der Waals surface area contributed by atoms with Crippen molar-refractivity contribution in [1.29, 1.82) is 5.26 Å². The van der Waals surface area contributed by atoms with Gasteiger partial charge in [-0.1, -0.05) is 105 Å². The van der Waals surface area contributed by atoms with Gasteiger partial charge in [-0.05, 0) is 64.7 Å². The van der Waals surface area contributed by atoms with E-state index < -0.39 is 25.9 Å². The summed E-state index contributed by atoms with van der Waals surface area (Å²) in [6, 6.07) is 34.5. The van der Waals surface area contributed by atoms with Crippen molar-refractivity contribution in [3.05, 3.63) is 147 Å². The van der Waals surface area contributed by atoms with Crippen LogP contribution in [-0.4, -0.2) is 45.0 Å². The minimum atomic E-state index is -2.96. The van der Waals surface area contributed by atoms with E-state index in [4.69, 9.17) is 25.5 Å². The minimum Gasteiger partial charge on any atom is -0.495 e. The number of hydrogen-bond donors (Lipinski definition) is 0. The molecule has 53 heavy (non-hydrogen) atoms. The highest BCUT2D eigenvalue weighted by Gasteiger charge is 2.50. The molecule has 0 fully saturated rings. The van der Waals surface area contributed by atoms with Crippen LogP contribution in [0.2, 0.25) is 10.1 Å². The van der Waals surface area contributed by atoms with Crippen LogP contribution < -0.4 is 20.7 Å². The molecule has 0 aliphatic carbocycles. The highest BCUT2D eigenvalue weighted by Crippen LogP contribution is 2.38. The molecule has 1 heterocycles. The molecule has 0 aliphatic heterocycles. The van der Waals surface area contributed by atoms with Crippen LogP contribution >= 0.6 is 11.6 Å². The number of Topliss-reactive ketones (excluding diaryl/α,β-unsaturated/α-hetero) is 1. The lowest BCUT2D eigenvalue weighted by Crippen LogP contribution is -2.66. The summed E-state index contributed by atoms with van der Waals surface area (Å²) in [6.07, 6.45) is 1.71. The van der Waals surface area contributed by atoms with Gasteiger partial charge in [-0.25, -0.2) is 4.79 Å². The number of benzene rings is 4. The van der Waals surface area contributed by atoms with E-state index in [2.05, 4.69) is 51.1 Å². The molecule has 0 saturated heterocycles. The number of ketones is 1. The highest BCUT2D eigenvalue weighted by molar-refractivity contribution is 6.99. The average molecular weight is 747 g/mol. The number of nitriles is 1. The van der Waals surface area contributed by atoms with Gasteiger partial charge in [0, 0.05) is 35.2 Å². The maximum absolute atomic E-state index is 14.4. The number of pyridine rings is 1. The van der Waals surface area contributed by atoms with Gasteiger partial charge in [0.25, 0.3) is 13.9 Å². The van der Waals surface area contributed by atoms with E-state index in [-0.39, 0.29) is 36.9 Å². The molecule has 10 heteroatoms. The van der Waals surface area contributed by atoms with Gasteiger partial charge in [-0.3, -0.25) is 9.59 Å². The number of rotatable bonds is 14. The number of methoxy groups -OCH3 is 1. The summed E-state index contributed by atoms with van der Waals surface area (Å²) < 4.78 is 19.4. The van der Waals surface area contributed by atoms with Crippen molar-refractivity contribution < 1.29 is 23.5 Å². The van der Waals surface area contributed by atoms with Crippen molar-refractivity contribution in [1.82, 2.24) is 4.57 Å². The topological polar surface area (TPSA) is 108 Å². The van der Waals surface area contributed by atoms with Crippen LogP contribution in [0.4, 0.5) is 0 Å². The molecule has 1 unspecified atom stereocenters. The fraction of sp³-hybridized carbons (Fsp3) is 0.256. The lowest BCUT2D eigenvalue weighted by atomic mass is 9.98. The summed E-state index contributed by atoms with van der Waals surface area (Å²) >= 11 is 6.30. The maximum atomic E-state index is 14.4. The van der Waals surface area contributed by atoms with Gasteiger partial charge in [0.05, 0.1) is 43.2 Å². The first kappa shape index (κ1) is 38.9. The molecule has 0 radical (unpaired) electrons. The summed E-state index contributed by atoms with van der Waals surface area (Å²) in [4.78, 5) is 40.7. The molecule has 272 valence electrons. The Morgan fingerprint density at radius 3 is 2.06 bits per heavy atom. The van der Waals surface area contributed by atoms with Crippen LogP contribution in [0.3, 0.4) is 0 Å². The average Bonchev–Trinajstić information content (AvgIpc) is 3.15. The molecule has 0 aliphatic rings. The van der Waals surface area contributed by atoms with Crippen LogP contribution in [0.25, 0.3) is 11.1 Å². The Bertz CT molecular complexity index is 2120. The zero-order valence-electron chi connectivity index (χ0n) is 30.6. The Labute approximate surface area is 316 Å². The molecule has 1 aromatic heterocycles. The molecular formula is C43H43ClN2O6Si. The number of ether oxygens (including phenoxy) is 2. The molecule has 1 atom stereocenters. The number of halogens is 1. The Morgan fingerprint density at radius 2 is 1.51 bits per heavy atom. The van der Waals surface area contributed by atoms with E-state index in [9.17, 15) is 19.6 Å². The lowest BCUT2D eigenvalue weighted by molar-refractivity contribution is -0.122. The van der Waals surface area contributed by atoms with Crippen LogP contribution in [0, 0.1) is 11.3 Å². The molecule has 8 nitrogen and oxygen atoms in total. The second-order valence-corrected chi connectivity index (χ2v) is 18.4. The quantitative estimate of drug-likeness (QED) is 0.0854. The zero-order valence-corrected chi connectivity index (χ0v) is 32.4. The highest BCUT2D eigenvalue weighted by atomic mass is 35.5. The predicted molar refractivity (Wildman–Crippen MR) is 211 cm³/mol. The van der Waals surface area contributed by atoms with E-state index in [0.29, 0.717) is 38.6 Å². The number of esters is 1. The van der Waals surface area contributed by atoms with Crippen molar-refractivity contribution >= 4 is 42.0 Å². The Morgan fingerprint density at radius 1 is 0.887 bits per heavy atom. The summed E-state index contributed by atoms with van der Waals surface area (Å²) in [6.45, 7) is 8.71. The minimum absolute atomic E-state index is 0.00361. The third-order valence-corrected chi connectivity index (χ3v) is 14.6. The third kappa shape index (κ3) is 8.52. The summed E-state index contributed by atoms with van der Waals surface area (Å²) in [5.74, 6) is -0.369. The smallest absolute Gasteiger partial charge is 0.338 e. The first-order valence-electron chi connectivity index (χ1n) is 17.5. The lowest BCUT2D eigenvalue weighted by Gasteiger charge is -2.43. The van der Waals surface area contributed by atoms with Gasteiger partial charge in [-0.2, -0.15) is 5.26 Å². The van der Waals surface area contributed by atoms with Crippen molar-refractivity contribution in [2.75, 3.05) is 20.3 Å². The number of carbonyl (C=O) groups excluding carboxylic acids is 2. The Kier molecular flexibility index (Phi) is 12.5. The molecule has 0 spiro atoms. The van der Waals surface area contributed by atoms with Gasteiger partial charge in [-0.15, -0.1) is 0 Å². The van der Waals surface area contributed by atoms with Crippen molar-refractivity contribution in [3.63, 3.8) is 0 Å². The number of carbonyl (C=O) groups is 2. The van der Waals surface area contributed by atoms with E-state index in [1.165, 1.54) is 23.9 Å². The summed E-state index contributed by atoms with van der Waals surface area (Å²) in [7, 11) is -1.49. The first-order valence-corrected chi connectivity index (χ1v) is 19.8. The number of hydrogen-bond acceptors (Lipinski definition) is 7. The fourth-order valence-corrected chi connectivity index (χ4v) is 11.6. The van der Waals surface area contributed by atoms with Crippen LogP contribution in [0.15, 0.2) is 120 Å². The molecular weight excluding hydrogens is 704 g/mol. The second-order valence-electron chi connectivity index (χ2n) is 13.7. The zero-order chi connectivity index (χ0) is 38.2. The van der Waals surface area contributed by atoms with Crippen molar-refractivity contribution in [2.24, 2.45) is 0 Å². The largest absolute Gasteiger partial charge is 0.495 e. The van der Waals surface area contributed by atoms with Gasteiger partial charge >= 0.3 is 5.97 Å². The van der Waals surface area contributed by atoms with E-state index in [1.54, 1.807) is 49.4 Å². The van der Waals surface area contributed by atoms with Crippen LogP contribution in [0.1, 0.15) is 61.6 Å². The van der Waals surface area contributed by atoms with Crippen LogP contribution in [0.5, 0.6) is 5.75 Å². The summed E-state index contributed by atoms with van der Waals surface area (Å²) in [5.41, 5.74) is 1.76. The third-order valence-electron chi connectivity index (χ3n) is 9.33. The van der Waals surface area contributed by atoms with Gasteiger partial charge in [0.1, 0.15) is 5.75 Å². The molecule has 5 rings (SSSR count). The molecule has 4 aromatic carbocycles. The fourth-order valence-electron chi connectivity index (χ4n) is 6.81. The molecule has 0 N–H and O–H groups in total. The van der Waals surface area contributed by atoms with E-state index in [0.717, 1.165) is 10.4 Å². The van der Waals surface area contributed by atoms with Gasteiger partial charge in [0.15, 0.2) is 5.78 Å².